The fourth-order valence-corrected chi connectivity index (χ4v) is 3.64. The Morgan fingerprint density at radius 1 is 1.23 bits per heavy atom. The lowest BCUT2D eigenvalue weighted by molar-refractivity contribution is 0.0385. The summed E-state index contributed by atoms with van der Waals surface area (Å²) in [5, 5.41) is 0. The van der Waals surface area contributed by atoms with Crippen LogP contribution in [0.4, 0.5) is 4.79 Å². The van der Waals surface area contributed by atoms with Gasteiger partial charge in [0.25, 0.3) is 10.0 Å². The maximum Gasteiger partial charge on any atom is 0.424 e. The number of carbonyl (C=O) groups excluding carboxylic acids is 1. The number of aryl methyl sites for hydroxylation is 1. The van der Waals surface area contributed by atoms with Gasteiger partial charge in [-0.2, -0.15) is 0 Å². The quantitative estimate of drug-likeness (QED) is 0.694. The molecule has 0 spiro atoms. The van der Waals surface area contributed by atoms with E-state index in [2.05, 4.69) is 5.92 Å². The summed E-state index contributed by atoms with van der Waals surface area (Å²) in [6.45, 7) is 10.9. The first kappa shape index (κ1) is 22.0. The lowest BCUT2D eigenvalue weighted by Gasteiger charge is -2.28. The molecule has 0 aromatic heterocycles. The minimum Gasteiger partial charge on any atom is -0.443 e. The van der Waals surface area contributed by atoms with Gasteiger partial charge >= 0.3 is 6.09 Å². The van der Waals surface area contributed by atoms with Gasteiger partial charge in [-0.05, 0) is 52.2 Å². The molecule has 1 amide bonds. The van der Waals surface area contributed by atoms with Crippen LogP contribution in [0.25, 0.3) is 0 Å². The largest absolute Gasteiger partial charge is 0.443 e. The molecule has 6 heteroatoms. The third kappa shape index (κ3) is 6.06. The summed E-state index contributed by atoms with van der Waals surface area (Å²) in [5.41, 5.74) is 0.127. The van der Waals surface area contributed by atoms with Crippen LogP contribution in [-0.2, 0) is 14.8 Å². The number of hydrogen-bond donors (Lipinski definition) is 0. The fraction of sp³-hybridized carbons (Fsp3) is 0.550. The summed E-state index contributed by atoms with van der Waals surface area (Å²) in [7, 11) is -4.03. The highest BCUT2D eigenvalue weighted by Gasteiger charge is 2.33. The van der Waals surface area contributed by atoms with Crippen LogP contribution < -0.4 is 0 Å². The molecule has 0 saturated carbocycles. The number of nitrogens with zero attached hydrogens (tertiary/aromatic N) is 1. The number of carbonyl (C=O) groups is 1. The van der Waals surface area contributed by atoms with Gasteiger partial charge in [0.1, 0.15) is 5.60 Å². The molecule has 1 rings (SSSR count). The van der Waals surface area contributed by atoms with Crippen molar-refractivity contribution in [3.63, 3.8) is 0 Å². The van der Waals surface area contributed by atoms with E-state index in [4.69, 9.17) is 11.2 Å². The van der Waals surface area contributed by atoms with Crippen LogP contribution in [0.1, 0.15) is 46.6 Å². The average Bonchev–Trinajstić information content (AvgIpc) is 2.49. The topological polar surface area (TPSA) is 63.7 Å². The minimum atomic E-state index is -4.03. The van der Waals surface area contributed by atoms with Gasteiger partial charge in [0.05, 0.1) is 4.90 Å². The van der Waals surface area contributed by atoms with Gasteiger partial charge in [-0.3, -0.25) is 0 Å². The number of benzene rings is 1. The molecule has 1 atom stereocenters. The number of rotatable bonds is 6. The summed E-state index contributed by atoms with van der Waals surface area (Å²) in [4.78, 5) is 12.6. The Labute approximate surface area is 157 Å². The molecular weight excluding hydrogens is 350 g/mol. The van der Waals surface area contributed by atoms with E-state index in [9.17, 15) is 13.2 Å². The predicted molar refractivity (Wildman–Crippen MR) is 103 cm³/mol. The molecule has 0 N–H and O–H groups in total. The highest BCUT2D eigenvalue weighted by molar-refractivity contribution is 7.89. The van der Waals surface area contributed by atoms with Crippen molar-refractivity contribution in [2.45, 2.75) is 58.5 Å². The molecule has 0 fully saturated rings. The van der Waals surface area contributed by atoms with Gasteiger partial charge in [-0.1, -0.05) is 31.5 Å². The van der Waals surface area contributed by atoms with E-state index in [-0.39, 0.29) is 23.3 Å². The molecule has 26 heavy (non-hydrogen) atoms. The molecule has 0 aliphatic carbocycles. The first-order valence-corrected chi connectivity index (χ1v) is 10.1. The molecule has 0 aliphatic heterocycles. The molecule has 0 saturated heterocycles. The average molecular weight is 380 g/mol. The van der Waals surface area contributed by atoms with Gasteiger partial charge < -0.3 is 4.74 Å². The van der Waals surface area contributed by atoms with Crippen LogP contribution >= 0.6 is 0 Å². The fourth-order valence-electron chi connectivity index (χ4n) is 2.33. The second-order valence-electron chi connectivity index (χ2n) is 7.68. The highest BCUT2D eigenvalue weighted by Crippen LogP contribution is 2.22. The van der Waals surface area contributed by atoms with Gasteiger partial charge in [0.15, 0.2) is 0 Å². The Morgan fingerprint density at radius 3 is 2.19 bits per heavy atom. The molecule has 1 unspecified atom stereocenters. The summed E-state index contributed by atoms with van der Waals surface area (Å²) in [6.07, 6.45) is 5.02. The van der Waals surface area contributed by atoms with Gasteiger partial charge in [0, 0.05) is 12.5 Å². The number of amides is 1. The van der Waals surface area contributed by atoms with E-state index in [1.807, 2.05) is 20.8 Å². The van der Waals surface area contributed by atoms with E-state index >= 15 is 0 Å². The highest BCUT2D eigenvalue weighted by atomic mass is 32.2. The zero-order valence-electron chi connectivity index (χ0n) is 16.4. The first-order chi connectivity index (χ1) is 11.9. The van der Waals surface area contributed by atoms with Crippen LogP contribution in [0.2, 0.25) is 0 Å². The Hall–Kier alpha value is -2.00. The summed E-state index contributed by atoms with van der Waals surface area (Å²) < 4.78 is 32.1. The van der Waals surface area contributed by atoms with Crippen LogP contribution in [0.5, 0.6) is 0 Å². The standard InChI is InChI=1S/C20H29NO4S/c1-8-17(15(2)3)13-14-21(19(22)25-20(5,6)7)26(23,24)18-11-9-16(4)10-12-18/h1,9-12,15,17H,13-14H2,2-7H3. The molecule has 144 valence electrons. The van der Waals surface area contributed by atoms with Crippen molar-refractivity contribution in [1.82, 2.24) is 4.31 Å². The van der Waals surface area contributed by atoms with Gasteiger partial charge in [0.2, 0.25) is 0 Å². The second kappa shape index (κ2) is 8.59. The van der Waals surface area contributed by atoms with Crippen molar-refractivity contribution in [2.24, 2.45) is 11.8 Å². The molecular formula is C20H29NO4S. The molecule has 0 aliphatic rings. The summed E-state index contributed by atoms with van der Waals surface area (Å²) >= 11 is 0. The van der Waals surface area contributed by atoms with E-state index in [0.29, 0.717) is 6.42 Å². The number of hydrogen-bond acceptors (Lipinski definition) is 4. The molecule has 5 nitrogen and oxygen atoms in total. The third-order valence-corrected chi connectivity index (χ3v) is 5.65. The Morgan fingerprint density at radius 2 is 1.77 bits per heavy atom. The van der Waals surface area contributed by atoms with Crippen LogP contribution in [-0.4, -0.2) is 31.0 Å². The smallest absolute Gasteiger partial charge is 0.424 e. The van der Waals surface area contributed by atoms with Crippen LogP contribution in [0.3, 0.4) is 0 Å². The van der Waals surface area contributed by atoms with E-state index in [1.165, 1.54) is 12.1 Å². The zero-order valence-corrected chi connectivity index (χ0v) is 17.3. The lowest BCUT2D eigenvalue weighted by atomic mass is 9.93. The van der Waals surface area contributed by atoms with Crippen molar-refractivity contribution in [2.75, 3.05) is 6.54 Å². The Kier molecular flexibility index (Phi) is 7.28. The molecule has 1 aromatic rings. The van der Waals surface area contributed by atoms with Crippen LogP contribution in [0, 0.1) is 31.1 Å². The van der Waals surface area contributed by atoms with Crippen LogP contribution in [0.15, 0.2) is 29.2 Å². The summed E-state index contributed by atoms with van der Waals surface area (Å²) in [6, 6.07) is 6.36. The minimum absolute atomic E-state index is 0.0296. The second-order valence-corrected chi connectivity index (χ2v) is 9.54. The monoisotopic (exact) mass is 379 g/mol. The maximum absolute atomic E-state index is 13.0. The predicted octanol–water partition coefficient (Wildman–Crippen LogP) is 4.22. The number of ether oxygens (including phenoxy) is 1. The Bertz CT molecular complexity index is 752. The Balaban J connectivity index is 3.20. The normalized spacial score (nSPS) is 13.2. The third-order valence-electron chi connectivity index (χ3n) is 3.87. The van der Waals surface area contributed by atoms with Crippen molar-refractivity contribution in [3.05, 3.63) is 29.8 Å². The summed E-state index contributed by atoms with van der Waals surface area (Å²) in [5.74, 6) is 2.72. The lowest BCUT2D eigenvalue weighted by Crippen LogP contribution is -2.42. The molecule has 1 aromatic carbocycles. The van der Waals surface area contributed by atoms with E-state index in [0.717, 1.165) is 9.87 Å². The van der Waals surface area contributed by atoms with Crippen molar-refractivity contribution < 1.29 is 17.9 Å². The van der Waals surface area contributed by atoms with E-state index < -0.39 is 21.7 Å². The maximum atomic E-state index is 13.0. The van der Waals surface area contributed by atoms with Gasteiger partial charge in [-0.25, -0.2) is 17.5 Å². The molecule has 0 bridgehead atoms. The SMILES string of the molecule is C#CC(CCN(C(=O)OC(C)(C)C)S(=O)(=O)c1ccc(C)cc1)C(C)C. The van der Waals surface area contributed by atoms with Crippen molar-refractivity contribution in [3.8, 4) is 12.3 Å². The van der Waals surface area contributed by atoms with Crippen molar-refractivity contribution in [1.29, 1.82) is 0 Å². The molecule has 0 heterocycles. The van der Waals surface area contributed by atoms with Gasteiger partial charge in [-0.15, -0.1) is 12.3 Å². The zero-order chi connectivity index (χ0) is 20.1. The molecule has 0 radical (unpaired) electrons. The van der Waals surface area contributed by atoms with Crippen molar-refractivity contribution >= 4 is 16.1 Å². The first-order valence-electron chi connectivity index (χ1n) is 8.67. The van der Waals surface area contributed by atoms with E-state index in [1.54, 1.807) is 32.9 Å². The number of terminal acetylenes is 1. The number of sulfonamides is 1.